The van der Waals surface area contributed by atoms with Crippen molar-refractivity contribution in [3.8, 4) is 17.5 Å². The Kier molecular flexibility index (Phi) is 7.93. The van der Waals surface area contributed by atoms with Crippen molar-refractivity contribution in [1.82, 2.24) is 15.0 Å². The molecule has 3 aromatic rings. The Bertz CT molecular complexity index is 1130. The van der Waals surface area contributed by atoms with E-state index < -0.39 is 5.60 Å². The third-order valence-electron chi connectivity index (χ3n) is 5.98. The summed E-state index contributed by atoms with van der Waals surface area (Å²) in [6, 6.07) is 13.0. The highest BCUT2D eigenvalue weighted by atomic mass is 35.5. The van der Waals surface area contributed by atoms with Gasteiger partial charge in [0, 0.05) is 11.7 Å². The molecule has 1 aromatic heterocycles. The van der Waals surface area contributed by atoms with Gasteiger partial charge in [-0.05, 0) is 62.6 Å². The van der Waals surface area contributed by atoms with Gasteiger partial charge in [-0.25, -0.2) is 0 Å². The van der Waals surface area contributed by atoms with Crippen molar-refractivity contribution < 1.29 is 14.6 Å². The van der Waals surface area contributed by atoms with Gasteiger partial charge in [-0.15, -0.1) is 0 Å². The minimum Gasteiger partial charge on any atom is -0.495 e. The Morgan fingerprint density at radius 1 is 0.943 bits per heavy atom. The van der Waals surface area contributed by atoms with Crippen molar-refractivity contribution in [3.05, 3.63) is 53.1 Å². The summed E-state index contributed by atoms with van der Waals surface area (Å²) in [7, 11) is 1.57. The van der Waals surface area contributed by atoms with Crippen LogP contribution in [0.3, 0.4) is 0 Å². The Morgan fingerprint density at radius 3 is 2.26 bits per heavy atom. The maximum absolute atomic E-state index is 10.2. The van der Waals surface area contributed by atoms with E-state index in [2.05, 4.69) is 25.6 Å². The Balaban J connectivity index is 1.59. The zero-order valence-electron chi connectivity index (χ0n) is 20.3. The van der Waals surface area contributed by atoms with Crippen LogP contribution in [0.1, 0.15) is 57.9 Å². The molecule has 0 bridgehead atoms. The monoisotopic (exact) mass is 497 g/mol. The lowest BCUT2D eigenvalue weighted by molar-refractivity contribution is 0.0785. The molecule has 186 valence electrons. The summed E-state index contributed by atoms with van der Waals surface area (Å²) in [4.78, 5) is 13.6. The highest BCUT2D eigenvalue weighted by Gasteiger charge is 2.18. The molecule has 1 heterocycles. The van der Waals surface area contributed by atoms with Crippen molar-refractivity contribution in [2.75, 3.05) is 17.7 Å². The van der Waals surface area contributed by atoms with Gasteiger partial charge >= 0.3 is 6.01 Å². The molecular weight excluding hydrogens is 466 g/mol. The molecule has 4 rings (SSSR count). The molecule has 2 aromatic carbocycles. The van der Waals surface area contributed by atoms with Gasteiger partial charge in [0.25, 0.3) is 0 Å². The van der Waals surface area contributed by atoms with E-state index >= 15 is 0 Å². The molecule has 0 spiro atoms. The predicted molar refractivity (Wildman–Crippen MR) is 138 cm³/mol. The summed E-state index contributed by atoms with van der Waals surface area (Å²) in [5.41, 5.74) is 0.566. The average molecular weight is 498 g/mol. The molecular formula is C26H32ClN5O3. The topological polar surface area (TPSA) is 101 Å². The van der Waals surface area contributed by atoms with Crippen LogP contribution in [0.5, 0.6) is 17.5 Å². The second-order valence-corrected chi connectivity index (χ2v) is 9.67. The minimum absolute atomic E-state index is 0.161. The highest BCUT2D eigenvalue weighted by molar-refractivity contribution is 6.32. The molecule has 0 atom stereocenters. The smallest absolute Gasteiger partial charge is 0.328 e. The number of nitrogens with zero attached hydrogens (tertiary/aromatic N) is 3. The van der Waals surface area contributed by atoms with Crippen LogP contribution in [-0.2, 0) is 5.60 Å². The standard InChI is InChI=1S/C26H32ClN5O3/c1-26(2,33)17-10-13-20(14-11-17)35-25-31-23(28-18-8-6-4-5-7-9-18)30-24(32-25)29-19-12-15-22(34-3)21(27)16-19/h10-16,18,33H,4-9H2,1-3H3,(H2,28,29,30,31,32). The number of aliphatic hydroxyl groups is 1. The van der Waals surface area contributed by atoms with E-state index in [-0.39, 0.29) is 6.01 Å². The molecule has 0 saturated heterocycles. The van der Waals surface area contributed by atoms with Gasteiger partial charge in [-0.1, -0.05) is 49.4 Å². The van der Waals surface area contributed by atoms with E-state index in [0.29, 0.717) is 40.1 Å². The predicted octanol–water partition coefficient (Wildman–Crippen LogP) is 6.43. The van der Waals surface area contributed by atoms with Crippen LogP contribution < -0.4 is 20.1 Å². The van der Waals surface area contributed by atoms with Gasteiger partial charge in [0.1, 0.15) is 11.5 Å². The summed E-state index contributed by atoms with van der Waals surface area (Å²) in [6.07, 6.45) is 7.06. The van der Waals surface area contributed by atoms with Gasteiger partial charge in [-0.3, -0.25) is 0 Å². The van der Waals surface area contributed by atoms with E-state index in [1.165, 1.54) is 25.7 Å². The third-order valence-corrected chi connectivity index (χ3v) is 6.28. The van der Waals surface area contributed by atoms with Crippen LogP contribution in [0.15, 0.2) is 42.5 Å². The van der Waals surface area contributed by atoms with Crippen LogP contribution in [0.4, 0.5) is 17.6 Å². The quantitative estimate of drug-likeness (QED) is 0.306. The van der Waals surface area contributed by atoms with Crippen molar-refractivity contribution in [3.63, 3.8) is 0 Å². The first kappa shape index (κ1) is 25.0. The van der Waals surface area contributed by atoms with Crippen LogP contribution in [-0.4, -0.2) is 33.2 Å². The number of hydrogen-bond donors (Lipinski definition) is 3. The fourth-order valence-electron chi connectivity index (χ4n) is 4.04. The Hall–Kier alpha value is -3.10. The zero-order chi connectivity index (χ0) is 24.8. The molecule has 8 nitrogen and oxygen atoms in total. The van der Waals surface area contributed by atoms with Crippen LogP contribution in [0.2, 0.25) is 5.02 Å². The fraction of sp³-hybridized carbons (Fsp3) is 0.423. The molecule has 1 saturated carbocycles. The maximum Gasteiger partial charge on any atom is 0.328 e. The second kappa shape index (κ2) is 11.1. The lowest BCUT2D eigenvalue weighted by Crippen LogP contribution is -2.20. The van der Waals surface area contributed by atoms with Gasteiger partial charge in [0.15, 0.2) is 0 Å². The largest absolute Gasteiger partial charge is 0.495 e. The van der Waals surface area contributed by atoms with Crippen molar-refractivity contribution >= 4 is 29.2 Å². The van der Waals surface area contributed by atoms with E-state index in [0.717, 1.165) is 18.4 Å². The normalized spacial score (nSPS) is 14.8. The van der Waals surface area contributed by atoms with E-state index in [9.17, 15) is 5.11 Å². The number of nitrogens with one attached hydrogen (secondary N) is 2. The van der Waals surface area contributed by atoms with Crippen molar-refractivity contribution in [2.45, 2.75) is 64.0 Å². The number of halogens is 1. The fourth-order valence-corrected chi connectivity index (χ4v) is 4.30. The van der Waals surface area contributed by atoms with Crippen molar-refractivity contribution in [1.29, 1.82) is 0 Å². The summed E-state index contributed by atoms with van der Waals surface area (Å²) >= 11 is 6.28. The maximum atomic E-state index is 10.2. The third kappa shape index (κ3) is 6.96. The lowest BCUT2D eigenvalue weighted by atomic mass is 9.99. The molecule has 9 heteroatoms. The van der Waals surface area contributed by atoms with Crippen LogP contribution in [0, 0.1) is 0 Å². The molecule has 0 radical (unpaired) electrons. The number of ether oxygens (including phenoxy) is 2. The Morgan fingerprint density at radius 2 is 1.63 bits per heavy atom. The van der Waals surface area contributed by atoms with Gasteiger partial charge in [0.05, 0.1) is 17.7 Å². The molecule has 0 aliphatic heterocycles. The average Bonchev–Trinajstić information content (AvgIpc) is 3.07. The molecule has 3 N–H and O–H groups in total. The SMILES string of the molecule is COc1ccc(Nc2nc(NC3CCCCCC3)nc(Oc3ccc(C(C)(C)O)cc3)n2)cc1Cl. The summed E-state index contributed by atoms with van der Waals surface area (Å²) in [6.45, 7) is 3.48. The summed E-state index contributed by atoms with van der Waals surface area (Å²) < 4.78 is 11.2. The lowest BCUT2D eigenvalue weighted by Gasteiger charge is -2.18. The molecule has 0 unspecified atom stereocenters. The van der Waals surface area contributed by atoms with E-state index in [1.54, 1.807) is 45.2 Å². The first-order valence-electron chi connectivity index (χ1n) is 11.9. The number of rotatable bonds is 8. The first-order chi connectivity index (χ1) is 16.8. The molecule has 1 aliphatic rings. The van der Waals surface area contributed by atoms with E-state index in [4.69, 9.17) is 21.1 Å². The van der Waals surface area contributed by atoms with Gasteiger partial charge in [0.2, 0.25) is 11.9 Å². The minimum atomic E-state index is -0.932. The number of anilines is 3. The Labute approximate surface area is 211 Å². The molecule has 1 fully saturated rings. The number of benzene rings is 2. The van der Waals surface area contributed by atoms with Crippen molar-refractivity contribution in [2.24, 2.45) is 0 Å². The molecule has 1 aliphatic carbocycles. The zero-order valence-corrected chi connectivity index (χ0v) is 21.1. The van der Waals surface area contributed by atoms with E-state index in [1.807, 2.05) is 18.2 Å². The van der Waals surface area contributed by atoms with Gasteiger partial charge in [-0.2, -0.15) is 15.0 Å². The molecule has 0 amide bonds. The first-order valence-corrected chi connectivity index (χ1v) is 12.3. The second-order valence-electron chi connectivity index (χ2n) is 9.26. The van der Waals surface area contributed by atoms with Crippen LogP contribution >= 0.6 is 11.6 Å². The summed E-state index contributed by atoms with van der Waals surface area (Å²) in [5.74, 6) is 1.93. The number of methoxy groups -OCH3 is 1. The van der Waals surface area contributed by atoms with Gasteiger partial charge < -0.3 is 25.2 Å². The number of aromatic nitrogens is 3. The van der Waals surface area contributed by atoms with Crippen LogP contribution in [0.25, 0.3) is 0 Å². The molecule has 35 heavy (non-hydrogen) atoms. The summed E-state index contributed by atoms with van der Waals surface area (Å²) in [5, 5.41) is 17.3. The highest BCUT2D eigenvalue weighted by Crippen LogP contribution is 2.30. The number of hydrogen-bond acceptors (Lipinski definition) is 8.